The molecule has 15 unspecified atom stereocenters. The number of aliphatic hydroxyl groups excluding tert-OH is 2. The minimum absolute atomic E-state index is 0.0681. The highest BCUT2D eigenvalue weighted by Crippen LogP contribution is 2.72. The molecule has 0 spiro atoms. The van der Waals surface area contributed by atoms with Gasteiger partial charge in [0.25, 0.3) is 0 Å². The third kappa shape index (κ3) is 3.41. The van der Waals surface area contributed by atoms with Crippen molar-refractivity contribution in [2.45, 2.75) is 114 Å². The molecular formula is C30H42O10. The molecule has 40 heavy (non-hydrogen) atoms. The number of ether oxygens (including phenoxy) is 5. The molecule has 3 heterocycles. The maximum absolute atomic E-state index is 14.2. The monoisotopic (exact) mass is 562 g/mol. The number of esters is 1. The molecule has 2 saturated heterocycles. The first-order valence-corrected chi connectivity index (χ1v) is 14.9. The number of carbonyl (C=O) groups is 2. The molecule has 7 aliphatic rings. The number of methoxy groups -OCH3 is 1. The second-order valence-electron chi connectivity index (χ2n) is 13.9. The zero-order valence-electron chi connectivity index (χ0n) is 23.7. The van der Waals surface area contributed by atoms with Crippen molar-refractivity contribution in [3.05, 3.63) is 11.6 Å². The van der Waals surface area contributed by atoms with Crippen LogP contribution >= 0.6 is 0 Å². The van der Waals surface area contributed by atoms with E-state index in [2.05, 4.69) is 6.92 Å². The fourth-order valence-corrected chi connectivity index (χ4v) is 10.3. The average Bonchev–Trinajstić information content (AvgIpc) is 3.53. The van der Waals surface area contributed by atoms with Gasteiger partial charge in [0.1, 0.15) is 24.4 Å². The molecule has 3 aliphatic heterocycles. The smallest absolute Gasteiger partial charge is 0.331 e. The third-order valence-corrected chi connectivity index (χ3v) is 12.4. The molecule has 0 amide bonds. The van der Waals surface area contributed by atoms with Crippen LogP contribution in [0.25, 0.3) is 0 Å². The van der Waals surface area contributed by atoms with Gasteiger partial charge in [-0.15, -0.1) is 0 Å². The van der Waals surface area contributed by atoms with Crippen LogP contribution in [0.5, 0.6) is 0 Å². The van der Waals surface area contributed by atoms with Gasteiger partial charge in [-0.2, -0.15) is 0 Å². The quantitative estimate of drug-likeness (QED) is 0.339. The molecule has 10 nitrogen and oxygen atoms in total. The summed E-state index contributed by atoms with van der Waals surface area (Å²) in [6.07, 6.45) is 1.23. The number of ketones is 1. The molecule has 222 valence electrons. The van der Waals surface area contributed by atoms with Crippen molar-refractivity contribution in [2.75, 3.05) is 13.7 Å². The summed E-state index contributed by atoms with van der Waals surface area (Å²) in [7, 11) is 1.58. The molecule has 0 aromatic rings. The first-order valence-electron chi connectivity index (χ1n) is 14.9. The van der Waals surface area contributed by atoms with E-state index < -0.39 is 59.5 Å². The van der Waals surface area contributed by atoms with Crippen molar-refractivity contribution in [3.8, 4) is 0 Å². The summed E-state index contributed by atoms with van der Waals surface area (Å²) >= 11 is 0. The van der Waals surface area contributed by atoms with Gasteiger partial charge in [-0.25, -0.2) is 4.79 Å². The number of rotatable bonds is 4. The van der Waals surface area contributed by atoms with Gasteiger partial charge < -0.3 is 39.0 Å². The Hall–Kier alpha value is -1.40. The number of hydrogen-bond donors (Lipinski definition) is 3. The van der Waals surface area contributed by atoms with Crippen LogP contribution in [-0.2, 0) is 33.3 Å². The lowest BCUT2D eigenvalue weighted by molar-refractivity contribution is -0.274. The number of Topliss-reactive ketones (excluding diaryl/α,β-unsaturated/α-hetero) is 1. The number of carbonyl (C=O) groups excluding carboxylic acids is 2. The first kappa shape index (κ1) is 27.4. The van der Waals surface area contributed by atoms with Gasteiger partial charge in [0, 0.05) is 37.4 Å². The summed E-state index contributed by atoms with van der Waals surface area (Å²) in [4.78, 5) is 26.0. The van der Waals surface area contributed by atoms with Crippen molar-refractivity contribution < 1.29 is 48.6 Å². The van der Waals surface area contributed by atoms with Crippen LogP contribution in [0, 0.1) is 34.5 Å². The van der Waals surface area contributed by atoms with Crippen LogP contribution in [-0.4, -0.2) is 95.4 Å². The van der Waals surface area contributed by atoms with E-state index in [9.17, 15) is 24.9 Å². The summed E-state index contributed by atoms with van der Waals surface area (Å²) in [5.74, 6) is -1.86. The van der Waals surface area contributed by atoms with E-state index in [1.807, 2.05) is 6.92 Å². The minimum Gasteiger partial charge on any atom is -0.458 e. The van der Waals surface area contributed by atoms with E-state index in [0.29, 0.717) is 18.4 Å². The highest BCUT2D eigenvalue weighted by Gasteiger charge is 2.81. The average molecular weight is 563 g/mol. The SMILES string of the molecule is COC1CC(OC2CCC3(C)C(C2)CC2OC4CC(C5=CC(=O)OC5)C5(C)C(=O)C(O)C3C2C45O)OC(C)C1O. The topological polar surface area (TPSA) is 141 Å². The molecule has 10 heteroatoms. The molecular weight excluding hydrogens is 520 g/mol. The molecule has 15 atom stereocenters. The van der Waals surface area contributed by atoms with Crippen molar-refractivity contribution in [1.29, 1.82) is 0 Å². The van der Waals surface area contributed by atoms with Gasteiger partial charge in [-0.3, -0.25) is 4.79 Å². The molecule has 4 saturated carbocycles. The number of hydrogen-bond acceptors (Lipinski definition) is 10. The zero-order valence-corrected chi connectivity index (χ0v) is 23.7. The molecule has 0 aromatic heterocycles. The van der Waals surface area contributed by atoms with E-state index in [1.54, 1.807) is 14.0 Å². The predicted octanol–water partition coefficient (Wildman–Crippen LogP) is 1.28. The lowest BCUT2D eigenvalue weighted by atomic mass is 9.42. The largest absolute Gasteiger partial charge is 0.458 e. The first-order chi connectivity index (χ1) is 18.9. The van der Waals surface area contributed by atoms with Gasteiger partial charge >= 0.3 is 5.97 Å². The summed E-state index contributed by atoms with van der Waals surface area (Å²) in [6, 6.07) is 0. The molecule has 0 radical (unpaired) electrons. The number of aliphatic hydroxyl groups is 3. The molecule has 0 bridgehead atoms. The summed E-state index contributed by atoms with van der Waals surface area (Å²) < 4.78 is 29.6. The normalized spacial score (nSPS) is 56.9. The lowest BCUT2D eigenvalue weighted by Crippen LogP contribution is -2.72. The Bertz CT molecular complexity index is 1120. The van der Waals surface area contributed by atoms with Crippen LogP contribution in [0.4, 0.5) is 0 Å². The Morgan fingerprint density at radius 3 is 2.52 bits per heavy atom. The van der Waals surface area contributed by atoms with Gasteiger partial charge in [-0.05, 0) is 62.9 Å². The van der Waals surface area contributed by atoms with Crippen molar-refractivity contribution in [3.63, 3.8) is 0 Å². The maximum atomic E-state index is 14.2. The zero-order chi connectivity index (χ0) is 28.4. The Morgan fingerprint density at radius 1 is 1.05 bits per heavy atom. The second-order valence-corrected chi connectivity index (χ2v) is 13.9. The maximum Gasteiger partial charge on any atom is 0.331 e. The Labute approximate surface area is 234 Å². The molecule has 4 aliphatic carbocycles. The highest BCUT2D eigenvalue weighted by atomic mass is 16.7. The van der Waals surface area contributed by atoms with Gasteiger partial charge in [0.05, 0.1) is 35.9 Å². The molecule has 6 fully saturated rings. The van der Waals surface area contributed by atoms with Crippen LogP contribution in [0.3, 0.4) is 0 Å². The van der Waals surface area contributed by atoms with E-state index in [1.165, 1.54) is 6.08 Å². The highest BCUT2D eigenvalue weighted by molar-refractivity contribution is 5.94. The van der Waals surface area contributed by atoms with E-state index in [4.69, 9.17) is 23.7 Å². The van der Waals surface area contributed by atoms with Crippen molar-refractivity contribution >= 4 is 11.8 Å². The van der Waals surface area contributed by atoms with E-state index in [-0.39, 0.29) is 48.0 Å². The lowest BCUT2D eigenvalue weighted by Gasteiger charge is -2.63. The summed E-state index contributed by atoms with van der Waals surface area (Å²) in [6.45, 7) is 5.86. The Kier molecular flexibility index (Phi) is 6.21. The van der Waals surface area contributed by atoms with Gasteiger partial charge in [0.15, 0.2) is 12.1 Å². The molecule has 7 rings (SSSR count). The Balaban J connectivity index is 1.15. The van der Waals surface area contributed by atoms with Gasteiger partial charge in [0.2, 0.25) is 0 Å². The fraction of sp³-hybridized carbons (Fsp3) is 0.867. The second kappa shape index (κ2) is 9.05. The van der Waals surface area contributed by atoms with Crippen LogP contribution in [0.1, 0.15) is 59.3 Å². The number of cyclic esters (lactones) is 1. The summed E-state index contributed by atoms with van der Waals surface area (Å²) in [5.41, 5.74) is -2.34. The van der Waals surface area contributed by atoms with Crippen molar-refractivity contribution in [1.82, 2.24) is 0 Å². The Morgan fingerprint density at radius 2 is 1.82 bits per heavy atom. The van der Waals surface area contributed by atoms with Crippen LogP contribution in [0.15, 0.2) is 11.6 Å². The third-order valence-electron chi connectivity index (χ3n) is 12.4. The standard InChI is InChI=1S/C30H42O10/c1-13-25(32)19(36-4)11-22(38-13)39-16-5-6-28(2)15(8-16)9-18-23-24(28)26(33)27(34)29(3)17(14-7-21(31)37-12-14)10-20(40-18)30(23,29)35/h7,13,15-20,22-26,32-33,35H,5-6,8-12H2,1-4H3. The predicted molar refractivity (Wildman–Crippen MR) is 138 cm³/mol. The van der Waals surface area contributed by atoms with Crippen LogP contribution < -0.4 is 0 Å². The molecule has 0 aromatic carbocycles. The van der Waals surface area contributed by atoms with E-state index in [0.717, 1.165) is 25.7 Å². The number of fused-ring (bicyclic) bond motifs is 2. The molecule has 3 N–H and O–H groups in total. The summed E-state index contributed by atoms with van der Waals surface area (Å²) in [5, 5.41) is 34.6. The van der Waals surface area contributed by atoms with E-state index >= 15 is 0 Å². The fourth-order valence-electron chi connectivity index (χ4n) is 10.3. The minimum atomic E-state index is -1.42. The van der Waals surface area contributed by atoms with Crippen molar-refractivity contribution in [2.24, 2.45) is 34.5 Å². The van der Waals surface area contributed by atoms with Gasteiger partial charge in [-0.1, -0.05) is 6.92 Å². The van der Waals surface area contributed by atoms with Crippen LogP contribution in [0.2, 0.25) is 0 Å².